The van der Waals surface area contributed by atoms with E-state index in [0.717, 1.165) is 11.3 Å². The van der Waals surface area contributed by atoms with Gasteiger partial charge >= 0.3 is 0 Å². The van der Waals surface area contributed by atoms with E-state index >= 15 is 0 Å². The first-order chi connectivity index (χ1) is 11.6. The lowest BCUT2D eigenvalue weighted by molar-refractivity contribution is -0.127. The van der Waals surface area contributed by atoms with Crippen LogP contribution >= 0.6 is 0 Å². The van der Waals surface area contributed by atoms with E-state index in [1.807, 2.05) is 19.1 Å². The van der Waals surface area contributed by atoms with Crippen LogP contribution in [0, 0.1) is 12.8 Å². The first-order valence-electron chi connectivity index (χ1n) is 7.79. The molecule has 1 aliphatic rings. The molecule has 1 aliphatic heterocycles. The number of carbonyl (C=O) groups excluding carboxylic acids is 2. The van der Waals surface area contributed by atoms with Gasteiger partial charge in [0.1, 0.15) is 0 Å². The van der Waals surface area contributed by atoms with Crippen molar-refractivity contribution < 1.29 is 9.59 Å². The van der Waals surface area contributed by atoms with Gasteiger partial charge < -0.3 is 10.2 Å². The first-order valence-corrected chi connectivity index (χ1v) is 7.79. The van der Waals surface area contributed by atoms with Gasteiger partial charge in [0.05, 0.1) is 6.04 Å². The van der Waals surface area contributed by atoms with Crippen molar-refractivity contribution in [2.24, 2.45) is 5.92 Å². The summed E-state index contributed by atoms with van der Waals surface area (Å²) < 4.78 is 0. The summed E-state index contributed by atoms with van der Waals surface area (Å²) in [4.78, 5) is 38.2. The molecule has 7 heteroatoms. The van der Waals surface area contributed by atoms with Crippen molar-refractivity contribution in [2.75, 3.05) is 13.6 Å². The van der Waals surface area contributed by atoms with Crippen molar-refractivity contribution >= 4 is 11.8 Å². The van der Waals surface area contributed by atoms with Crippen LogP contribution in [0.3, 0.4) is 0 Å². The van der Waals surface area contributed by atoms with E-state index in [1.54, 1.807) is 36.6 Å². The number of aryl methyl sites for hydroxylation is 1. The summed E-state index contributed by atoms with van der Waals surface area (Å²) in [5, 5.41) is 2.85. The van der Waals surface area contributed by atoms with Gasteiger partial charge in [0.15, 0.2) is 0 Å². The maximum Gasteiger partial charge on any atom is 0.289 e. The standard InChI is InChI=1S/C17H19N5O2/c1-11-3-8-19-16(21-11)17(24)20-10-13-9-14(23)22(2)15(13)12-4-6-18-7-5-12/h3-8,13,15H,9-10H2,1-2H3,(H,20,24)/t13-,15-/m0/s1. The highest BCUT2D eigenvalue weighted by molar-refractivity contribution is 5.90. The molecule has 2 aromatic heterocycles. The van der Waals surface area contributed by atoms with Crippen LogP contribution in [0.5, 0.6) is 0 Å². The van der Waals surface area contributed by atoms with Crippen LogP contribution in [0.1, 0.15) is 34.3 Å². The summed E-state index contributed by atoms with van der Waals surface area (Å²) in [6.07, 6.45) is 5.38. The van der Waals surface area contributed by atoms with E-state index in [-0.39, 0.29) is 29.6 Å². The van der Waals surface area contributed by atoms with E-state index in [9.17, 15) is 9.59 Å². The highest BCUT2D eigenvalue weighted by Gasteiger charge is 2.38. The number of nitrogens with one attached hydrogen (secondary N) is 1. The third-order valence-electron chi connectivity index (χ3n) is 4.26. The molecule has 24 heavy (non-hydrogen) atoms. The van der Waals surface area contributed by atoms with Crippen LogP contribution in [0.4, 0.5) is 0 Å². The van der Waals surface area contributed by atoms with Gasteiger partial charge in [-0.1, -0.05) is 0 Å². The average molecular weight is 325 g/mol. The maximum atomic E-state index is 12.2. The van der Waals surface area contributed by atoms with Crippen molar-refractivity contribution in [1.29, 1.82) is 0 Å². The molecule has 7 nitrogen and oxygen atoms in total. The topological polar surface area (TPSA) is 88.1 Å². The molecule has 0 radical (unpaired) electrons. The van der Waals surface area contributed by atoms with Crippen LogP contribution in [-0.2, 0) is 4.79 Å². The SMILES string of the molecule is Cc1ccnc(C(=O)NC[C@@H]2CC(=O)N(C)[C@H]2c2ccncc2)n1. The second-order valence-electron chi connectivity index (χ2n) is 5.93. The molecule has 0 bridgehead atoms. The molecule has 0 spiro atoms. The van der Waals surface area contributed by atoms with Crippen molar-refractivity contribution in [3.8, 4) is 0 Å². The van der Waals surface area contributed by atoms with E-state index in [2.05, 4.69) is 20.3 Å². The Morgan fingerprint density at radius 3 is 2.75 bits per heavy atom. The molecule has 1 saturated heterocycles. The highest BCUT2D eigenvalue weighted by atomic mass is 16.2. The number of hydrogen-bond donors (Lipinski definition) is 1. The number of aromatic nitrogens is 3. The van der Waals surface area contributed by atoms with E-state index < -0.39 is 0 Å². The van der Waals surface area contributed by atoms with Crippen LogP contribution < -0.4 is 5.32 Å². The van der Waals surface area contributed by atoms with Gasteiger partial charge in [-0.3, -0.25) is 14.6 Å². The van der Waals surface area contributed by atoms with Gasteiger partial charge in [-0.2, -0.15) is 0 Å². The lowest BCUT2D eigenvalue weighted by atomic mass is 9.94. The molecule has 0 aliphatic carbocycles. The fourth-order valence-corrected chi connectivity index (χ4v) is 3.05. The Labute approximate surface area is 140 Å². The predicted octanol–water partition coefficient (Wildman–Crippen LogP) is 1.13. The molecule has 1 fully saturated rings. The van der Waals surface area contributed by atoms with Gasteiger partial charge in [0, 0.05) is 50.2 Å². The van der Waals surface area contributed by atoms with E-state index in [0.29, 0.717) is 13.0 Å². The maximum absolute atomic E-state index is 12.2. The van der Waals surface area contributed by atoms with Crippen molar-refractivity contribution in [3.05, 3.63) is 53.9 Å². The summed E-state index contributed by atoms with van der Waals surface area (Å²) in [5.41, 5.74) is 1.75. The first kappa shape index (κ1) is 16.0. The van der Waals surface area contributed by atoms with Gasteiger partial charge in [-0.15, -0.1) is 0 Å². The summed E-state index contributed by atoms with van der Waals surface area (Å²) in [5.74, 6) is -0.108. The van der Waals surface area contributed by atoms with Gasteiger partial charge in [-0.05, 0) is 30.7 Å². The Morgan fingerprint density at radius 1 is 1.29 bits per heavy atom. The Morgan fingerprint density at radius 2 is 2.04 bits per heavy atom. The third kappa shape index (κ3) is 3.24. The van der Waals surface area contributed by atoms with E-state index in [4.69, 9.17) is 0 Å². The Bertz CT molecular complexity index is 750. The number of hydrogen-bond acceptors (Lipinski definition) is 5. The molecule has 0 unspecified atom stereocenters. The van der Waals surface area contributed by atoms with Crippen molar-refractivity contribution in [3.63, 3.8) is 0 Å². The van der Waals surface area contributed by atoms with E-state index in [1.165, 1.54) is 0 Å². The predicted molar refractivity (Wildman–Crippen MR) is 87.0 cm³/mol. The average Bonchev–Trinajstić information content (AvgIpc) is 2.88. The molecule has 3 rings (SSSR count). The minimum absolute atomic E-state index is 0.00124. The quantitative estimate of drug-likeness (QED) is 0.910. The molecule has 124 valence electrons. The summed E-state index contributed by atoms with van der Waals surface area (Å²) >= 11 is 0. The lowest BCUT2D eigenvalue weighted by Gasteiger charge is -2.25. The third-order valence-corrected chi connectivity index (χ3v) is 4.26. The molecule has 0 aromatic carbocycles. The second-order valence-corrected chi connectivity index (χ2v) is 5.93. The lowest BCUT2D eigenvalue weighted by Crippen LogP contribution is -2.33. The Kier molecular flexibility index (Phi) is 4.50. The number of likely N-dealkylation sites (tertiary alicyclic amines) is 1. The zero-order valence-corrected chi connectivity index (χ0v) is 13.6. The van der Waals surface area contributed by atoms with Crippen molar-refractivity contribution in [2.45, 2.75) is 19.4 Å². The molecule has 2 atom stereocenters. The minimum Gasteiger partial charge on any atom is -0.349 e. The number of nitrogens with zero attached hydrogens (tertiary/aromatic N) is 4. The largest absolute Gasteiger partial charge is 0.349 e. The van der Waals surface area contributed by atoms with Gasteiger partial charge in [0.2, 0.25) is 11.7 Å². The van der Waals surface area contributed by atoms with Crippen LogP contribution in [0.2, 0.25) is 0 Å². The fraction of sp³-hybridized carbons (Fsp3) is 0.353. The number of carbonyl (C=O) groups is 2. The molecular weight excluding hydrogens is 306 g/mol. The fourth-order valence-electron chi connectivity index (χ4n) is 3.05. The zero-order chi connectivity index (χ0) is 17.1. The zero-order valence-electron chi connectivity index (χ0n) is 13.6. The summed E-state index contributed by atoms with van der Waals surface area (Å²) in [6.45, 7) is 2.20. The summed E-state index contributed by atoms with van der Waals surface area (Å²) in [6, 6.07) is 5.47. The summed E-state index contributed by atoms with van der Waals surface area (Å²) in [7, 11) is 1.79. The van der Waals surface area contributed by atoms with Gasteiger partial charge in [0.25, 0.3) is 5.91 Å². The smallest absolute Gasteiger partial charge is 0.289 e. The number of rotatable bonds is 4. The monoisotopic (exact) mass is 325 g/mol. The molecule has 2 aromatic rings. The molecular formula is C17H19N5O2. The Balaban J connectivity index is 1.71. The number of pyridine rings is 1. The Hall–Kier alpha value is -2.83. The molecule has 0 saturated carbocycles. The highest BCUT2D eigenvalue weighted by Crippen LogP contribution is 2.36. The van der Waals surface area contributed by atoms with Crippen LogP contribution in [0.15, 0.2) is 36.8 Å². The molecule has 2 amide bonds. The molecule has 1 N–H and O–H groups in total. The van der Waals surface area contributed by atoms with Gasteiger partial charge in [-0.25, -0.2) is 9.97 Å². The second kappa shape index (κ2) is 6.74. The number of amides is 2. The minimum atomic E-state index is -0.325. The normalized spacial score (nSPS) is 20.2. The van der Waals surface area contributed by atoms with Crippen LogP contribution in [0.25, 0.3) is 0 Å². The van der Waals surface area contributed by atoms with Crippen molar-refractivity contribution in [1.82, 2.24) is 25.2 Å². The van der Waals surface area contributed by atoms with Crippen LogP contribution in [-0.4, -0.2) is 45.3 Å². The molecule has 3 heterocycles.